The maximum absolute atomic E-state index is 12.0. The van der Waals surface area contributed by atoms with Gasteiger partial charge in [-0.05, 0) is 48.2 Å². The number of rotatable bonds is 8. The predicted octanol–water partition coefficient (Wildman–Crippen LogP) is 3.64. The van der Waals surface area contributed by atoms with E-state index >= 15 is 0 Å². The van der Waals surface area contributed by atoms with Crippen LogP contribution in [0, 0.1) is 6.92 Å². The molecular weight excluding hydrogens is 372 g/mol. The molecule has 0 spiro atoms. The lowest BCUT2D eigenvalue weighted by Crippen LogP contribution is -2.23. The van der Waals surface area contributed by atoms with Gasteiger partial charge in [0.25, 0.3) is 5.91 Å². The number of carbonyl (C=O) groups is 3. The molecule has 0 aliphatic rings. The van der Waals surface area contributed by atoms with Gasteiger partial charge >= 0.3 is 5.97 Å². The zero-order valence-electron chi connectivity index (χ0n) is 17.1. The van der Waals surface area contributed by atoms with Gasteiger partial charge in [0.05, 0.1) is 0 Å². The molecule has 2 rings (SSSR count). The Morgan fingerprint density at radius 1 is 0.966 bits per heavy atom. The standard InChI is InChI=1S/C22H26N2O5/c1-14(2)17-9-8-15(3)20(10-17)28-13-22(27)29-12-21(26)24-19-7-5-6-18(11-19)23-16(4)25/h5-11,14H,12-13H2,1-4H3,(H,23,25)(H,24,26). The van der Waals surface area contributed by atoms with E-state index in [-0.39, 0.29) is 12.5 Å². The topological polar surface area (TPSA) is 93.7 Å². The largest absolute Gasteiger partial charge is 0.482 e. The van der Waals surface area contributed by atoms with Crippen LogP contribution < -0.4 is 15.4 Å². The summed E-state index contributed by atoms with van der Waals surface area (Å²) in [7, 11) is 0. The Hall–Kier alpha value is -3.35. The Bertz CT molecular complexity index is 893. The van der Waals surface area contributed by atoms with E-state index in [1.54, 1.807) is 24.3 Å². The van der Waals surface area contributed by atoms with Crippen LogP contribution in [0.3, 0.4) is 0 Å². The monoisotopic (exact) mass is 398 g/mol. The molecule has 29 heavy (non-hydrogen) atoms. The molecule has 0 atom stereocenters. The lowest BCUT2D eigenvalue weighted by molar-refractivity contribution is -0.149. The molecule has 0 aliphatic heterocycles. The molecule has 0 radical (unpaired) electrons. The summed E-state index contributed by atoms with van der Waals surface area (Å²) in [6, 6.07) is 12.5. The van der Waals surface area contributed by atoms with Crippen LogP contribution in [0.5, 0.6) is 5.75 Å². The van der Waals surface area contributed by atoms with Gasteiger partial charge in [-0.25, -0.2) is 4.79 Å². The van der Waals surface area contributed by atoms with E-state index in [2.05, 4.69) is 24.5 Å². The summed E-state index contributed by atoms with van der Waals surface area (Å²) < 4.78 is 10.5. The van der Waals surface area contributed by atoms with Gasteiger partial charge in [0.2, 0.25) is 5.91 Å². The molecule has 2 amide bonds. The molecule has 7 nitrogen and oxygen atoms in total. The molecular formula is C22H26N2O5. The maximum atomic E-state index is 12.0. The van der Waals surface area contributed by atoms with Crippen molar-refractivity contribution in [3.8, 4) is 5.75 Å². The molecule has 7 heteroatoms. The third kappa shape index (κ3) is 7.29. The normalized spacial score (nSPS) is 10.4. The number of aryl methyl sites for hydroxylation is 1. The fourth-order valence-corrected chi connectivity index (χ4v) is 2.53. The molecule has 0 saturated carbocycles. The number of anilines is 2. The van der Waals surface area contributed by atoms with Gasteiger partial charge in [0.1, 0.15) is 5.75 Å². The predicted molar refractivity (Wildman–Crippen MR) is 111 cm³/mol. The summed E-state index contributed by atoms with van der Waals surface area (Å²) in [4.78, 5) is 35.0. The highest BCUT2D eigenvalue weighted by Gasteiger charge is 2.11. The highest BCUT2D eigenvalue weighted by molar-refractivity contribution is 5.94. The summed E-state index contributed by atoms with van der Waals surface area (Å²) >= 11 is 0. The van der Waals surface area contributed by atoms with E-state index in [0.29, 0.717) is 23.0 Å². The van der Waals surface area contributed by atoms with Crippen molar-refractivity contribution in [1.82, 2.24) is 0 Å². The van der Waals surface area contributed by atoms with Gasteiger partial charge in [-0.15, -0.1) is 0 Å². The molecule has 0 aliphatic carbocycles. The third-order valence-corrected chi connectivity index (χ3v) is 4.06. The van der Waals surface area contributed by atoms with Gasteiger partial charge in [0, 0.05) is 18.3 Å². The molecule has 2 aromatic rings. The second-order valence-corrected chi connectivity index (χ2v) is 6.94. The van der Waals surface area contributed by atoms with Crippen molar-refractivity contribution in [1.29, 1.82) is 0 Å². The molecule has 154 valence electrons. The molecule has 2 aromatic carbocycles. The number of amides is 2. The Kier molecular flexibility index (Phi) is 7.77. The van der Waals surface area contributed by atoms with Crippen molar-refractivity contribution >= 4 is 29.2 Å². The van der Waals surface area contributed by atoms with E-state index in [9.17, 15) is 14.4 Å². The number of hydrogen-bond donors (Lipinski definition) is 2. The second-order valence-electron chi connectivity index (χ2n) is 6.94. The van der Waals surface area contributed by atoms with Crippen molar-refractivity contribution in [2.24, 2.45) is 0 Å². The molecule has 0 unspecified atom stereocenters. The minimum atomic E-state index is -0.638. The quantitative estimate of drug-likeness (QED) is 0.662. The SMILES string of the molecule is CC(=O)Nc1cccc(NC(=O)COC(=O)COc2cc(C(C)C)ccc2C)c1. The Morgan fingerprint density at radius 3 is 2.31 bits per heavy atom. The van der Waals surface area contributed by atoms with Gasteiger partial charge in [-0.1, -0.05) is 32.0 Å². The van der Waals surface area contributed by atoms with Crippen LogP contribution in [-0.4, -0.2) is 31.0 Å². The van der Waals surface area contributed by atoms with Crippen molar-refractivity contribution < 1.29 is 23.9 Å². The average Bonchev–Trinajstić information content (AvgIpc) is 2.65. The molecule has 0 heterocycles. The molecule has 0 aromatic heterocycles. The van der Waals surface area contributed by atoms with Crippen molar-refractivity contribution in [3.05, 3.63) is 53.6 Å². The van der Waals surface area contributed by atoms with Crippen LogP contribution in [0.15, 0.2) is 42.5 Å². The van der Waals surface area contributed by atoms with Gasteiger partial charge in [-0.2, -0.15) is 0 Å². The van der Waals surface area contributed by atoms with Crippen LogP contribution in [0.2, 0.25) is 0 Å². The van der Waals surface area contributed by atoms with E-state index in [4.69, 9.17) is 9.47 Å². The molecule has 0 fully saturated rings. The fraction of sp³-hybridized carbons (Fsp3) is 0.318. The number of hydrogen-bond acceptors (Lipinski definition) is 5. The number of carbonyl (C=O) groups excluding carboxylic acids is 3. The van der Waals surface area contributed by atoms with Crippen molar-refractivity contribution in [2.45, 2.75) is 33.6 Å². The highest BCUT2D eigenvalue weighted by atomic mass is 16.6. The summed E-state index contributed by atoms with van der Waals surface area (Å²) in [5, 5.41) is 5.23. The number of esters is 1. The Balaban J connectivity index is 1.81. The summed E-state index contributed by atoms with van der Waals surface area (Å²) in [5.74, 6) is -0.375. The molecule has 0 bridgehead atoms. The third-order valence-electron chi connectivity index (χ3n) is 4.06. The zero-order chi connectivity index (χ0) is 21.4. The smallest absolute Gasteiger partial charge is 0.344 e. The first-order valence-corrected chi connectivity index (χ1v) is 9.31. The van der Waals surface area contributed by atoms with E-state index < -0.39 is 18.5 Å². The highest BCUT2D eigenvalue weighted by Crippen LogP contribution is 2.24. The van der Waals surface area contributed by atoms with Gasteiger partial charge in [0.15, 0.2) is 13.2 Å². The van der Waals surface area contributed by atoms with E-state index in [1.165, 1.54) is 6.92 Å². The van der Waals surface area contributed by atoms with Crippen LogP contribution in [0.4, 0.5) is 11.4 Å². The molecule has 2 N–H and O–H groups in total. The minimum absolute atomic E-state index is 0.212. The van der Waals surface area contributed by atoms with Crippen LogP contribution in [0.25, 0.3) is 0 Å². The Morgan fingerprint density at radius 2 is 1.66 bits per heavy atom. The second kappa shape index (κ2) is 10.3. The number of ether oxygens (including phenoxy) is 2. The van der Waals surface area contributed by atoms with Crippen molar-refractivity contribution in [2.75, 3.05) is 23.8 Å². The molecule has 0 saturated heterocycles. The van der Waals surface area contributed by atoms with Crippen LogP contribution >= 0.6 is 0 Å². The van der Waals surface area contributed by atoms with Gasteiger partial charge in [-0.3, -0.25) is 9.59 Å². The zero-order valence-corrected chi connectivity index (χ0v) is 17.1. The minimum Gasteiger partial charge on any atom is -0.482 e. The first-order chi connectivity index (χ1) is 13.7. The Labute approximate surface area is 170 Å². The number of nitrogens with one attached hydrogen (secondary N) is 2. The van der Waals surface area contributed by atoms with E-state index in [0.717, 1.165) is 11.1 Å². The fourth-order valence-electron chi connectivity index (χ4n) is 2.53. The van der Waals surface area contributed by atoms with Crippen molar-refractivity contribution in [3.63, 3.8) is 0 Å². The van der Waals surface area contributed by atoms with Crippen LogP contribution in [0.1, 0.15) is 37.8 Å². The van der Waals surface area contributed by atoms with E-state index in [1.807, 2.05) is 25.1 Å². The number of benzene rings is 2. The lowest BCUT2D eigenvalue weighted by Gasteiger charge is -2.12. The first-order valence-electron chi connectivity index (χ1n) is 9.31. The summed E-state index contributed by atoms with van der Waals surface area (Å²) in [6.07, 6.45) is 0. The van der Waals surface area contributed by atoms with Gasteiger partial charge < -0.3 is 20.1 Å². The maximum Gasteiger partial charge on any atom is 0.344 e. The first kappa shape index (κ1) is 21.9. The van der Waals surface area contributed by atoms with Crippen LogP contribution in [-0.2, 0) is 19.1 Å². The average molecular weight is 398 g/mol. The summed E-state index contributed by atoms with van der Waals surface area (Å²) in [6.45, 7) is 6.73. The summed E-state index contributed by atoms with van der Waals surface area (Å²) in [5.41, 5.74) is 3.06. The lowest BCUT2D eigenvalue weighted by atomic mass is 10.0.